The molecule has 2 rings (SSSR count). The number of piperidine rings is 1. The van der Waals surface area contributed by atoms with E-state index in [0.29, 0.717) is 11.5 Å². The van der Waals surface area contributed by atoms with Crippen molar-refractivity contribution in [3.63, 3.8) is 0 Å². The zero-order chi connectivity index (χ0) is 13.8. The van der Waals surface area contributed by atoms with Gasteiger partial charge in [0.15, 0.2) is 0 Å². The Labute approximate surface area is 113 Å². The maximum atomic E-state index is 14.0. The predicted octanol–water partition coefficient (Wildman–Crippen LogP) is 2.61. The highest BCUT2D eigenvalue weighted by atomic mass is 19.1. The topological polar surface area (TPSA) is 15.3 Å². The molecule has 1 N–H and O–H groups in total. The fraction of sp³-hybridized carbons (Fsp3) is 0.600. The Bertz CT molecular complexity index is 415. The molecule has 1 unspecified atom stereocenters. The molecule has 1 aliphatic rings. The highest BCUT2D eigenvalue weighted by Crippen LogP contribution is 2.33. The van der Waals surface area contributed by atoms with Gasteiger partial charge in [0.2, 0.25) is 0 Å². The minimum atomic E-state index is -0.504. The number of hydrogen-bond acceptors (Lipinski definition) is 2. The molecule has 1 heterocycles. The first-order valence-corrected chi connectivity index (χ1v) is 6.88. The van der Waals surface area contributed by atoms with Gasteiger partial charge in [-0.2, -0.15) is 0 Å². The van der Waals surface area contributed by atoms with E-state index in [1.54, 1.807) is 6.07 Å². The Hall–Kier alpha value is -1.00. The summed E-state index contributed by atoms with van der Waals surface area (Å²) in [5.41, 5.74) is 0.655. The van der Waals surface area contributed by atoms with Crippen molar-refractivity contribution in [2.75, 3.05) is 33.7 Å². The first-order valence-electron chi connectivity index (χ1n) is 6.88. The van der Waals surface area contributed by atoms with E-state index < -0.39 is 11.6 Å². The van der Waals surface area contributed by atoms with Gasteiger partial charge in [0, 0.05) is 18.5 Å². The van der Waals surface area contributed by atoms with Crippen LogP contribution in [0.2, 0.25) is 0 Å². The summed E-state index contributed by atoms with van der Waals surface area (Å²) in [6.45, 7) is 2.77. The van der Waals surface area contributed by atoms with Crippen LogP contribution in [0.4, 0.5) is 8.78 Å². The third kappa shape index (κ3) is 3.74. The normalized spacial score (nSPS) is 18.8. The average Bonchev–Trinajstić information content (AvgIpc) is 2.37. The lowest BCUT2D eigenvalue weighted by atomic mass is 9.80. The molecule has 19 heavy (non-hydrogen) atoms. The van der Waals surface area contributed by atoms with E-state index in [1.165, 1.54) is 6.07 Å². The van der Waals surface area contributed by atoms with E-state index in [9.17, 15) is 8.78 Å². The molecule has 1 aromatic rings. The fourth-order valence-corrected chi connectivity index (χ4v) is 2.94. The SMILES string of the molecule is CN(C)CC(c1ccc(F)cc1F)C1CCNCC1. The number of hydrogen-bond donors (Lipinski definition) is 1. The predicted molar refractivity (Wildman–Crippen MR) is 73.2 cm³/mol. The van der Waals surface area contributed by atoms with Crippen LogP contribution in [-0.4, -0.2) is 38.6 Å². The molecular weight excluding hydrogens is 246 g/mol. The van der Waals surface area contributed by atoms with Crippen molar-refractivity contribution in [2.24, 2.45) is 5.92 Å². The first-order chi connectivity index (χ1) is 9.08. The van der Waals surface area contributed by atoms with Crippen molar-refractivity contribution in [3.8, 4) is 0 Å². The summed E-state index contributed by atoms with van der Waals surface area (Å²) >= 11 is 0. The number of nitrogens with zero attached hydrogens (tertiary/aromatic N) is 1. The van der Waals surface area contributed by atoms with Gasteiger partial charge in [-0.1, -0.05) is 6.07 Å². The Kier molecular flexibility index (Phi) is 4.88. The molecule has 1 saturated heterocycles. The third-order valence-corrected chi connectivity index (χ3v) is 3.88. The molecule has 1 fully saturated rings. The van der Waals surface area contributed by atoms with Gasteiger partial charge in [-0.05, 0) is 57.6 Å². The van der Waals surface area contributed by atoms with Crippen LogP contribution >= 0.6 is 0 Å². The van der Waals surface area contributed by atoms with Crippen molar-refractivity contribution >= 4 is 0 Å². The lowest BCUT2D eigenvalue weighted by Gasteiger charge is -2.33. The largest absolute Gasteiger partial charge is 0.317 e. The summed E-state index contributed by atoms with van der Waals surface area (Å²) in [6.07, 6.45) is 2.10. The smallest absolute Gasteiger partial charge is 0.129 e. The molecule has 0 saturated carbocycles. The van der Waals surface area contributed by atoms with Crippen LogP contribution in [0.3, 0.4) is 0 Å². The number of rotatable bonds is 4. The lowest BCUT2D eigenvalue weighted by Crippen LogP contribution is -2.35. The van der Waals surface area contributed by atoms with Crippen LogP contribution in [-0.2, 0) is 0 Å². The molecule has 1 atom stereocenters. The average molecular weight is 268 g/mol. The summed E-state index contributed by atoms with van der Waals surface area (Å²) in [4.78, 5) is 2.08. The van der Waals surface area contributed by atoms with Crippen molar-refractivity contribution in [1.82, 2.24) is 10.2 Å². The van der Waals surface area contributed by atoms with Crippen LogP contribution in [0.1, 0.15) is 24.3 Å². The summed E-state index contributed by atoms with van der Waals surface area (Å²) in [6, 6.07) is 3.97. The summed E-state index contributed by atoms with van der Waals surface area (Å²) in [7, 11) is 3.99. The Balaban J connectivity index is 2.25. The van der Waals surface area contributed by atoms with Crippen LogP contribution in [0.25, 0.3) is 0 Å². The second-order valence-electron chi connectivity index (χ2n) is 5.62. The molecule has 1 aliphatic heterocycles. The van der Waals surface area contributed by atoms with Crippen molar-refractivity contribution < 1.29 is 8.78 Å². The molecule has 2 nitrogen and oxygen atoms in total. The maximum Gasteiger partial charge on any atom is 0.129 e. The highest BCUT2D eigenvalue weighted by molar-refractivity contribution is 5.24. The molecule has 0 spiro atoms. The highest BCUT2D eigenvalue weighted by Gasteiger charge is 2.27. The molecule has 0 bridgehead atoms. The van der Waals surface area contributed by atoms with E-state index >= 15 is 0 Å². The minimum absolute atomic E-state index is 0.137. The number of halogens is 2. The van der Waals surface area contributed by atoms with Gasteiger partial charge < -0.3 is 10.2 Å². The second kappa shape index (κ2) is 6.44. The van der Waals surface area contributed by atoms with Gasteiger partial charge in [0.05, 0.1) is 0 Å². The monoisotopic (exact) mass is 268 g/mol. The van der Waals surface area contributed by atoms with Crippen molar-refractivity contribution in [2.45, 2.75) is 18.8 Å². The van der Waals surface area contributed by atoms with Crippen LogP contribution in [0.5, 0.6) is 0 Å². The minimum Gasteiger partial charge on any atom is -0.317 e. The number of benzene rings is 1. The van der Waals surface area contributed by atoms with Gasteiger partial charge >= 0.3 is 0 Å². The van der Waals surface area contributed by atoms with E-state index in [0.717, 1.165) is 38.5 Å². The van der Waals surface area contributed by atoms with Gasteiger partial charge in [-0.25, -0.2) is 8.78 Å². The Morgan fingerprint density at radius 1 is 1.26 bits per heavy atom. The van der Waals surface area contributed by atoms with Crippen molar-refractivity contribution in [3.05, 3.63) is 35.4 Å². The van der Waals surface area contributed by atoms with Crippen LogP contribution in [0.15, 0.2) is 18.2 Å². The molecule has 0 aliphatic carbocycles. The molecule has 4 heteroatoms. The zero-order valence-electron chi connectivity index (χ0n) is 11.6. The number of nitrogens with one attached hydrogen (secondary N) is 1. The van der Waals surface area contributed by atoms with E-state index in [1.807, 2.05) is 14.1 Å². The standard InChI is InChI=1S/C15H22F2N2/c1-19(2)10-14(11-5-7-18-8-6-11)13-4-3-12(16)9-15(13)17/h3-4,9,11,14,18H,5-8,10H2,1-2H3. The van der Waals surface area contributed by atoms with Gasteiger partial charge in [-0.3, -0.25) is 0 Å². The Morgan fingerprint density at radius 3 is 2.53 bits per heavy atom. The zero-order valence-corrected chi connectivity index (χ0v) is 11.6. The molecule has 0 amide bonds. The quantitative estimate of drug-likeness (QED) is 0.903. The van der Waals surface area contributed by atoms with Crippen LogP contribution in [0, 0.1) is 17.6 Å². The molecule has 106 valence electrons. The third-order valence-electron chi connectivity index (χ3n) is 3.88. The van der Waals surface area contributed by atoms with E-state index in [4.69, 9.17) is 0 Å². The number of likely N-dealkylation sites (N-methyl/N-ethyl adjacent to an activating group) is 1. The molecule has 1 aromatic carbocycles. The van der Waals surface area contributed by atoms with Gasteiger partial charge in [0.1, 0.15) is 11.6 Å². The fourth-order valence-electron chi connectivity index (χ4n) is 2.94. The molecular formula is C15H22F2N2. The summed E-state index contributed by atoms with van der Waals surface area (Å²) in [5, 5.41) is 3.33. The lowest BCUT2D eigenvalue weighted by molar-refractivity contribution is 0.257. The maximum absolute atomic E-state index is 14.0. The summed E-state index contributed by atoms with van der Waals surface area (Å²) < 4.78 is 27.1. The van der Waals surface area contributed by atoms with Gasteiger partial charge in [-0.15, -0.1) is 0 Å². The first kappa shape index (κ1) is 14.4. The molecule has 0 radical (unpaired) electrons. The van der Waals surface area contributed by atoms with E-state index in [-0.39, 0.29) is 5.92 Å². The van der Waals surface area contributed by atoms with Crippen molar-refractivity contribution in [1.29, 1.82) is 0 Å². The van der Waals surface area contributed by atoms with Crippen LogP contribution < -0.4 is 5.32 Å². The summed E-state index contributed by atoms with van der Waals surface area (Å²) in [5.74, 6) is -0.318. The van der Waals surface area contributed by atoms with E-state index in [2.05, 4.69) is 10.2 Å². The molecule has 0 aromatic heterocycles. The Morgan fingerprint density at radius 2 is 1.95 bits per heavy atom. The second-order valence-corrected chi connectivity index (χ2v) is 5.62. The van der Waals surface area contributed by atoms with Gasteiger partial charge in [0.25, 0.3) is 0 Å².